The lowest BCUT2D eigenvalue weighted by Gasteiger charge is -2.21. The van der Waals surface area contributed by atoms with Crippen LogP contribution in [0, 0.1) is 0 Å². The van der Waals surface area contributed by atoms with Crippen molar-refractivity contribution in [2.75, 3.05) is 10.6 Å². The van der Waals surface area contributed by atoms with E-state index in [-0.39, 0.29) is 11.4 Å². The van der Waals surface area contributed by atoms with Gasteiger partial charge in [0.05, 0.1) is 12.4 Å². The number of rotatable bonds is 5. The Hall–Kier alpha value is -2.43. The third-order valence-corrected chi connectivity index (χ3v) is 4.00. The van der Waals surface area contributed by atoms with Gasteiger partial charge in [0, 0.05) is 11.2 Å². The van der Waals surface area contributed by atoms with Crippen LogP contribution in [0.1, 0.15) is 81.9 Å². The van der Waals surface area contributed by atoms with Crippen molar-refractivity contribution in [2.24, 2.45) is 0 Å². The zero-order chi connectivity index (χ0) is 19.5. The van der Waals surface area contributed by atoms with E-state index < -0.39 is 0 Å². The first-order chi connectivity index (χ1) is 12.1. The second-order valence-corrected chi connectivity index (χ2v) is 8.24. The number of amides is 1. The number of anilines is 2. The van der Waals surface area contributed by atoms with E-state index in [9.17, 15) is 4.79 Å². The van der Waals surface area contributed by atoms with Gasteiger partial charge in [-0.1, -0.05) is 45.9 Å². The molecule has 1 amide bonds. The van der Waals surface area contributed by atoms with Gasteiger partial charge in [0.2, 0.25) is 0 Å². The number of benzene rings is 1. The lowest BCUT2D eigenvalue weighted by atomic mass is 9.92. The average molecular weight is 354 g/mol. The van der Waals surface area contributed by atoms with E-state index >= 15 is 0 Å². The van der Waals surface area contributed by atoms with Crippen LogP contribution >= 0.6 is 0 Å². The Balaban J connectivity index is 2.27. The maximum Gasteiger partial charge on any atom is 0.275 e. The van der Waals surface area contributed by atoms with Crippen LogP contribution < -0.4 is 10.6 Å². The summed E-state index contributed by atoms with van der Waals surface area (Å²) in [5.41, 5.74) is 3.34. The van der Waals surface area contributed by atoms with Crippen molar-refractivity contribution >= 4 is 17.4 Å². The van der Waals surface area contributed by atoms with Crippen LogP contribution in [0.5, 0.6) is 0 Å². The topological polar surface area (TPSA) is 66.9 Å². The van der Waals surface area contributed by atoms with Gasteiger partial charge in [-0.3, -0.25) is 4.79 Å². The maximum atomic E-state index is 12.7. The van der Waals surface area contributed by atoms with Gasteiger partial charge in [-0.2, -0.15) is 0 Å². The van der Waals surface area contributed by atoms with E-state index in [1.165, 1.54) is 6.20 Å². The minimum absolute atomic E-state index is 0.110. The molecule has 0 aliphatic rings. The van der Waals surface area contributed by atoms with Gasteiger partial charge >= 0.3 is 0 Å². The predicted octanol–water partition coefficient (Wildman–Crippen LogP) is 5.19. The second-order valence-electron chi connectivity index (χ2n) is 8.24. The van der Waals surface area contributed by atoms with E-state index in [2.05, 4.69) is 60.4 Å². The highest BCUT2D eigenvalue weighted by Gasteiger charge is 2.18. The van der Waals surface area contributed by atoms with Crippen molar-refractivity contribution in [2.45, 2.75) is 65.8 Å². The molecule has 2 aromatic rings. The fourth-order valence-corrected chi connectivity index (χ4v) is 2.77. The van der Waals surface area contributed by atoms with Crippen molar-refractivity contribution in [3.05, 3.63) is 47.4 Å². The molecule has 0 unspecified atom stereocenters. The molecule has 2 rings (SSSR count). The Morgan fingerprint density at radius 1 is 0.962 bits per heavy atom. The summed E-state index contributed by atoms with van der Waals surface area (Å²) in [4.78, 5) is 21.3. The molecule has 0 saturated carbocycles. The number of hydrogen-bond acceptors (Lipinski definition) is 4. The highest BCUT2D eigenvalue weighted by molar-refractivity contribution is 6.03. The van der Waals surface area contributed by atoms with Crippen LogP contribution in [0.3, 0.4) is 0 Å². The molecule has 0 bridgehead atoms. The van der Waals surface area contributed by atoms with Gasteiger partial charge in [0.1, 0.15) is 11.5 Å². The smallest absolute Gasteiger partial charge is 0.275 e. The van der Waals surface area contributed by atoms with Gasteiger partial charge < -0.3 is 10.6 Å². The first kappa shape index (κ1) is 19.9. The molecule has 0 atom stereocenters. The van der Waals surface area contributed by atoms with Gasteiger partial charge in [-0.05, 0) is 43.7 Å². The van der Waals surface area contributed by atoms with Crippen molar-refractivity contribution in [3.8, 4) is 0 Å². The number of carbonyl (C=O) groups is 1. The van der Waals surface area contributed by atoms with E-state index in [1.807, 2.05) is 26.8 Å². The van der Waals surface area contributed by atoms with Crippen molar-refractivity contribution in [1.29, 1.82) is 0 Å². The molecule has 26 heavy (non-hydrogen) atoms. The van der Waals surface area contributed by atoms with E-state index in [4.69, 9.17) is 0 Å². The van der Waals surface area contributed by atoms with Crippen molar-refractivity contribution in [3.63, 3.8) is 0 Å². The zero-order valence-electron chi connectivity index (χ0n) is 16.8. The average Bonchev–Trinajstić information content (AvgIpc) is 2.53. The van der Waals surface area contributed by atoms with Crippen molar-refractivity contribution in [1.82, 2.24) is 9.97 Å². The van der Waals surface area contributed by atoms with E-state index in [1.54, 1.807) is 6.20 Å². The molecular formula is C21H30N4O. The van der Waals surface area contributed by atoms with Crippen molar-refractivity contribution < 1.29 is 4.79 Å². The number of carbonyl (C=O) groups excluding carboxylic acids is 1. The second kappa shape index (κ2) is 7.85. The molecule has 5 heteroatoms. The normalized spacial score (nSPS) is 11.7. The fraction of sp³-hybridized carbons (Fsp3) is 0.476. The Bertz CT molecular complexity index is 732. The molecule has 140 valence electrons. The minimum Gasteiger partial charge on any atom is -0.364 e. The van der Waals surface area contributed by atoms with E-state index in [0.29, 0.717) is 23.3 Å². The maximum absolute atomic E-state index is 12.7. The highest BCUT2D eigenvalue weighted by atomic mass is 16.1. The highest BCUT2D eigenvalue weighted by Crippen LogP contribution is 2.32. The first-order valence-electron chi connectivity index (χ1n) is 9.13. The summed E-state index contributed by atoms with van der Waals surface area (Å²) in [7, 11) is 0. The molecule has 2 N–H and O–H groups in total. The summed E-state index contributed by atoms with van der Waals surface area (Å²) >= 11 is 0. The predicted molar refractivity (Wildman–Crippen MR) is 108 cm³/mol. The van der Waals surface area contributed by atoms with Gasteiger partial charge in [0.15, 0.2) is 0 Å². The Labute approximate surface area is 156 Å². The number of nitrogens with one attached hydrogen (secondary N) is 2. The lowest BCUT2D eigenvalue weighted by molar-refractivity contribution is 0.102. The molecule has 0 fully saturated rings. The Morgan fingerprint density at radius 3 is 1.96 bits per heavy atom. The fourth-order valence-electron chi connectivity index (χ4n) is 2.77. The Kier molecular flexibility index (Phi) is 6.01. The summed E-state index contributed by atoms with van der Waals surface area (Å²) in [5.74, 6) is 1.04. The van der Waals surface area contributed by atoms with Crippen LogP contribution in [0.15, 0.2) is 30.6 Å². The molecule has 1 heterocycles. The van der Waals surface area contributed by atoms with Crippen LogP contribution in [-0.4, -0.2) is 21.4 Å². The SMILES string of the molecule is CC(C)c1cccc(C(C)C)c1NC(=O)c1cnc(NC(C)(C)C)cn1. The third-order valence-electron chi connectivity index (χ3n) is 4.00. The minimum atomic E-state index is -0.241. The molecule has 0 saturated heterocycles. The standard InChI is InChI=1S/C21H30N4O/c1-13(2)15-9-8-10-16(14(3)4)19(15)24-20(26)17-11-23-18(12-22-17)25-21(5,6)7/h8-14H,1-7H3,(H,23,25)(H,24,26). The molecule has 5 nitrogen and oxygen atoms in total. The number of para-hydroxylation sites is 1. The van der Waals surface area contributed by atoms with E-state index in [0.717, 1.165) is 16.8 Å². The van der Waals surface area contributed by atoms with Crippen LogP contribution in [-0.2, 0) is 0 Å². The molecule has 1 aromatic carbocycles. The summed E-state index contributed by atoms with van der Waals surface area (Å²) in [6, 6.07) is 6.18. The number of nitrogens with zero attached hydrogens (tertiary/aromatic N) is 2. The molecular weight excluding hydrogens is 324 g/mol. The largest absolute Gasteiger partial charge is 0.364 e. The number of hydrogen-bond donors (Lipinski definition) is 2. The molecule has 0 aliphatic carbocycles. The zero-order valence-corrected chi connectivity index (χ0v) is 16.8. The van der Waals surface area contributed by atoms with Crippen LogP contribution in [0.4, 0.5) is 11.5 Å². The lowest BCUT2D eigenvalue weighted by Crippen LogP contribution is -2.27. The summed E-state index contributed by atoms with van der Waals surface area (Å²) in [6.45, 7) is 14.6. The third kappa shape index (κ3) is 5.04. The summed E-state index contributed by atoms with van der Waals surface area (Å²) < 4.78 is 0. The molecule has 0 spiro atoms. The van der Waals surface area contributed by atoms with Gasteiger partial charge in [0.25, 0.3) is 5.91 Å². The van der Waals surface area contributed by atoms with Crippen LogP contribution in [0.25, 0.3) is 0 Å². The monoisotopic (exact) mass is 354 g/mol. The van der Waals surface area contributed by atoms with Gasteiger partial charge in [-0.25, -0.2) is 9.97 Å². The molecule has 1 aromatic heterocycles. The number of aromatic nitrogens is 2. The first-order valence-corrected chi connectivity index (χ1v) is 9.13. The summed E-state index contributed by atoms with van der Waals surface area (Å²) in [5, 5.41) is 6.30. The van der Waals surface area contributed by atoms with Crippen LogP contribution in [0.2, 0.25) is 0 Å². The molecule has 0 aliphatic heterocycles. The summed E-state index contributed by atoms with van der Waals surface area (Å²) in [6.07, 6.45) is 3.11. The van der Waals surface area contributed by atoms with Gasteiger partial charge in [-0.15, -0.1) is 0 Å². The molecule has 0 radical (unpaired) electrons. The quantitative estimate of drug-likeness (QED) is 0.776. The Morgan fingerprint density at radius 2 is 1.54 bits per heavy atom.